The smallest absolute Gasteiger partial charge is 0.254 e. The predicted molar refractivity (Wildman–Crippen MR) is 76.2 cm³/mol. The van der Waals surface area contributed by atoms with Crippen molar-refractivity contribution < 1.29 is 4.79 Å². The number of nitrogens with zero attached hydrogens (tertiary/aromatic N) is 1. The second kappa shape index (κ2) is 6.34. The van der Waals surface area contributed by atoms with Gasteiger partial charge in [0, 0.05) is 18.5 Å². The van der Waals surface area contributed by atoms with E-state index in [2.05, 4.69) is 12.2 Å². The molecule has 2 rings (SSSR count). The van der Waals surface area contributed by atoms with E-state index >= 15 is 0 Å². The zero-order valence-electron chi connectivity index (χ0n) is 11.2. The average Bonchev–Trinajstić information content (AvgIpc) is 2.82. The highest BCUT2D eigenvalue weighted by molar-refractivity contribution is 7.08. The van der Waals surface area contributed by atoms with Crippen molar-refractivity contribution in [1.29, 1.82) is 0 Å². The lowest BCUT2D eigenvalue weighted by atomic mass is 9.97. The Morgan fingerprint density at radius 2 is 2.17 bits per heavy atom. The summed E-state index contributed by atoms with van der Waals surface area (Å²) in [5.74, 6) is 0.865. The number of thiophene rings is 1. The van der Waals surface area contributed by atoms with Crippen LogP contribution in [0.1, 0.15) is 35.7 Å². The molecule has 0 radical (unpaired) electrons. The lowest BCUT2D eigenvalue weighted by molar-refractivity contribution is 0.0726. The molecule has 18 heavy (non-hydrogen) atoms. The first-order valence-corrected chi connectivity index (χ1v) is 7.69. The number of hydrogen-bond acceptors (Lipinski definition) is 3. The van der Waals surface area contributed by atoms with Gasteiger partial charge < -0.3 is 10.2 Å². The number of carbonyl (C=O) groups excluding carboxylic acids is 1. The van der Waals surface area contributed by atoms with E-state index in [0.717, 1.165) is 37.3 Å². The number of rotatable bonds is 4. The van der Waals surface area contributed by atoms with Crippen LogP contribution in [0.15, 0.2) is 10.8 Å². The molecule has 0 aromatic carbocycles. The van der Waals surface area contributed by atoms with Crippen LogP contribution in [-0.4, -0.2) is 37.0 Å². The van der Waals surface area contributed by atoms with Gasteiger partial charge in [0.25, 0.3) is 5.91 Å². The van der Waals surface area contributed by atoms with E-state index in [4.69, 9.17) is 0 Å². The molecule has 100 valence electrons. The van der Waals surface area contributed by atoms with E-state index in [1.807, 2.05) is 22.6 Å². The Hall–Kier alpha value is -0.870. The lowest BCUT2D eigenvalue weighted by Crippen LogP contribution is -2.39. The van der Waals surface area contributed by atoms with Crippen LogP contribution in [0.2, 0.25) is 0 Å². The molecule has 1 aromatic rings. The maximum Gasteiger partial charge on any atom is 0.254 e. The zero-order chi connectivity index (χ0) is 13.0. The minimum absolute atomic E-state index is 0.204. The summed E-state index contributed by atoms with van der Waals surface area (Å²) in [6.07, 6.45) is 2.37. The number of hydrogen-bond donors (Lipinski definition) is 1. The average molecular weight is 266 g/mol. The standard InChI is InChI=1S/C14H22N2OS/c1-3-16(8-12-4-6-15-7-5-12)14(17)13-10-18-9-11(13)2/h9-10,12,15H,3-8H2,1-2H3. The fourth-order valence-corrected chi connectivity index (χ4v) is 3.30. The first kappa shape index (κ1) is 13.6. The lowest BCUT2D eigenvalue weighted by Gasteiger charge is -2.29. The molecule has 0 aliphatic carbocycles. The van der Waals surface area contributed by atoms with Gasteiger partial charge >= 0.3 is 0 Å². The van der Waals surface area contributed by atoms with E-state index < -0.39 is 0 Å². The quantitative estimate of drug-likeness (QED) is 0.908. The number of piperidine rings is 1. The Kier molecular flexibility index (Phi) is 4.78. The number of amides is 1. The van der Waals surface area contributed by atoms with Gasteiger partial charge in [-0.3, -0.25) is 4.79 Å². The van der Waals surface area contributed by atoms with Gasteiger partial charge in [0.05, 0.1) is 5.56 Å². The molecule has 1 saturated heterocycles. The van der Waals surface area contributed by atoms with E-state index in [-0.39, 0.29) is 5.91 Å². The largest absolute Gasteiger partial charge is 0.339 e. The van der Waals surface area contributed by atoms with Crippen molar-refractivity contribution in [2.45, 2.75) is 26.7 Å². The molecule has 0 atom stereocenters. The van der Waals surface area contributed by atoms with Gasteiger partial charge in [0.1, 0.15) is 0 Å². The predicted octanol–water partition coefficient (Wildman–Crippen LogP) is 2.52. The van der Waals surface area contributed by atoms with E-state index in [1.54, 1.807) is 11.3 Å². The van der Waals surface area contributed by atoms with Crippen LogP contribution in [-0.2, 0) is 0 Å². The molecule has 2 heterocycles. The molecule has 1 N–H and O–H groups in total. The molecule has 1 fully saturated rings. The molecule has 0 spiro atoms. The number of aryl methyl sites for hydroxylation is 1. The van der Waals surface area contributed by atoms with E-state index in [1.165, 1.54) is 12.8 Å². The highest BCUT2D eigenvalue weighted by Gasteiger charge is 2.21. The molecular formula is C14H22N2OS. The van der Waals surface area contributed by atoms with Crippen molar-refractivity contribution in [3.63, 3.8) is 0 Å². The summed E-state index contributed by atoms with van der Waals surface area (Å²) >= 11 is 1.61. The summed E-state index contributed by atoms with van der Waals surface area (Å²) in [5, 5.41) is 7.39. The molecule has 0 unspecified atom stereocenters. The van der Waals surface area contributed by atoms with Crippen molar-refractivity contribution in [2.24, 2.45) is 5.92 Å². The van der Waals surface area contributed by atoms with Crippen molar-refractivity contribution in [3.05, 3.63) is 21.9 Å². The van der Waals surface area contributed by atoms with Gasteiger partial charge in [-0.15, -0.1) is 0 Å². The van der Waals surface area contributed by atoms with E-state index in [0.29, 0.717) is 5.92 Å². The molecule has 0 saturated carbocycles. The summed E-state index contributed by atoms with van der Waals surface area (Å²) in [6, 6.07) is 0. The fraction of sp³-hybridized carbons (Fsp3) is 0.643. The number of carbonyl (C=O) groups is 1. The number of nitrogens with one attached hydrogen (secondary N) is 1. The monoisotopic (exact) mass is 266 g/mol. The van der Waals surface area contributed by atoms with Gasteiger partial charge in [0.15, 0.2) is 0 Å². The van der Waals surface area contributed by atoms with Crippen LogP contribution in [0, 0.1) is 12.8 Å². The second-order valence-corrected chi connectivity index (χ2v) is 5.75. The Balaban J connectivity index is 1.99. The van der Waals surface area contributed by atoms with Gasteiger partial charge in [-0.2, -0.15) is 11.3 Å². The summed E-state index contributed by atoms with van der Waals surface area (Å²) in [4.78, 5) is 14.5. The van der Waals surface area contributed by atoms with Gasteiger partial charge in [-0.25, -0.2) is 0 Å². The van der Waals surface area contributed by atoms with Gasteiger partial charge in [-0.05, 0) is 56.6 Å². The third-order valence-electron chi connectivity index (χ3n) is 3.69. The Morgan fingerprint density at radius 1 is 1.44 bits per heavy atom. The molecule has 3 nitrogen and oxygen atoms in total. The first-order chi connectivity index (χ1) is 8.72. The van der Waals surface area contributed by atoms with Crippen LogP contribution in [0.3, 0.4) is 0 Å². The normalized spacial score (nSPS) is 16.8. The van der Waals surface area contributed by atoms with Gasteiger partial charge in [-0.1, -0.05) is 0 Å². The van der Waals surface area contributed by atoms with Crippen molar-refractivity contribution in [1.82, 2.24) is 10.2 Å². The van der Waals surface area contributed by atoms with Crippen LogP contribution in [0.25, 0.3) is 0 Å². The molecule has 1 amide bonds. The maximum atomic E-state index is 12.4. The Labute approximate surface area is 113 Å². The zero-order valence-corrected chi connectivity index (χ0v) is 12.1. The molecular weight excluding hydrogens is 244 g/mol. The third-order valence-corrected chi connectivity index (χ3v) is 4.55. The highest BCUT2D eigenvalue weighted by atomic mass is 32.1. The van der Waals surface area contributed by atoms with Crippen LogP contribution >= 0.6 is 11.3 Å². The Morgan fingerprint density at radius 3 is 2.72 bits per heavy atom. The second-order valence-electron chi connectivity index (χ2n) is 5.01. The summed E-state index contributed by atoms with van der Waals surface area (Å²) in [5.41, 5.74) is 1.99. The Bertz CT molecular complexity index is 396. The molecule has 4 heteroatoms. The first-order valence-electron chi connectivity index (χ1n) is 6.75. The molecule has 1 aromatic heterocycles. The topological polar surface area (TPSA) is 32.3 Å². The fourth-order valence-electron chi connectivity index (χ4n) is 2.48. The molecule has 1 aliphatic heterocycles. The maximum absolute atomic E-state index is 12.4. The van der Waals surface area contributed by atoms with Crippen LogP contribution < -0.4 is 5.32 Å². The van der Waals surface area contributed by atoms with Crippen molar-refractivity contribution in [2.75, 3.05) is 26.2 Å². The van der Waals surface area contributed by atoms with Crippen LogP contribution in [0.5, 0.6) is 0 Å². The van der Waals surface area contributed by atoms with Crippen molar-refractivity contribution in [3.8, 4) is 0 Å². The summed E-state index contributed by atoms with van der Waals surface area (Å²) < 4.78 is 0. The SMILES string of the molecule is CCN(CC1CCNCC1)C(=O)c1cscc1C. The highest BCUT2D eigenvalue weighted by Crippen LogP contribution is 2.19. The summed E-state index contributed by atoms with van der Waals surface area (Å²) in [7, 11) is 0. The minimum atomic E-state index is 0.204. The third kappa shape index (κ3) is 3.12. The van der Waals surface area contributed by atoms with Crippen LogP contribution in [0.4, 0.5) is 0 Å². The molecule has 1 aliphatic rings. The van der Waals surface area contributed by atoms with Crippen molar-refractivity contribution >= 4 is 17.2 Å². The summed E-state index contributed by atoms with van der Waals surface area (Å²) in [6.45, 7) is 7.98. The molecule has 0 bridgehead atoms. The van der Waals surface area contributed by atoms with E-state index in [9.17, 15) is 4.79 Å². The van der Waals surface area contributed by atoms with Gasteiger partial charge in [0.2, 0.25) is 0 Å². The minimum Gasteiger partial charge on any atom is -0.339 e.